The van der Waals surface area contributed by atoms with E-state index in [4.69, 9.17) is 0 Å². The zero-order valence-corrected chi connectivity index (χ0v) is 19.4. The molecule has 1 heterocycles. The first-order valence-electron chi connectivity index (χ1n) is 11.0. The Balaban J connectivity index is 0.00000341. The maximum atomic E-state index is 13.1. The fraction of sp³-hybridized carbons (Fsp3) is 0.480. The number of benzene rings is 1. The number of carbonyl (C=O) groups is 2. The van der Waals surface area contributed by atoms with E-state index < -0.39 is 0 Å². The first-order chi connectivity index (χ1) is 14.5. The lowest BCUT2D eigenvalue weighted by atomic mass is 9.70. The van der Waals surface area contributed by atoms with Crippen LogP contribution in [0.1, 0.15) is 62.1 Å². The molecule has 0 spiro atoms. The molecule has 1 fully saturated rings. The van der Waals surface area contributed by atoms with E-state index in [1.807, 2.05) is 30.3 Å². The summed E-state index contributed by atoms with van der Waals surface area (Å²) in [4.78, 5) is 29.9. The highest BCUT2D eigenvalue weighted by Crippen LogP contribution is 2.38. The van der Waals surface area contributed by atoms with Gasteiger partial charge >= 0.3 is 0 Å². The van der Waals surface area contributed by atoms with Crippen LogP contribution in [0.2, 0.25) is 0 Å². The van der Waals surface area contributed by atoms with Gasteiger partial charge in [0.1, 0.15) is 5.69 Å². The minimum Gasteiger partial charge on any atom is -0.353 e. The van der Waals surface area contributed by atoms with Crippen LogP contribution in [0, 0.1) is 23.7 Å². The highest BCUT2D eigenvalue weighted by Gasteiger charge is 2.35. The molecule has 0 saturated heterocycles. The summed E-state index contributed by atoms with van der Waals surface area (Å²) in [5.74, 6) is 1.38. The SMILES string of the molecule is CC(C)[C@@H]1CC[C@@H](C)C[C@H]1C(=O)NC[C@@H](NC(=O)c1ccccn1)c1ccccc1.Cl. The maximum absolute atomic E-state index is 13.1. The van der Waals surface area contributed by atoms with Crippen molar-refractivity contribution < 1.29 is 9.59 Å². The molecular formula is C25H34ClN3O2. The molecule has 1 aromatic carbocycles. The van der Waals surface area contributed by atoms with Gasteiger partial charge in [-0.1, -0.05) is 63.6 Å². The van der Waals surface area contributed by atoms with Gasteiger partial charge in [-0.2, -0.15) is 0 Å². The zero-order valence-electron chi connectivity index (χ0n) is 18.6. The van der Waals surface area contributed by atoms with Gasteiger partial charge in [0.2, 0.25) is 5.91 Å². The highest BCUT2D eigenvalue weighted by molar-refractivity contribution is 5.92. The van der Waals surface area contributed by atoms with Gasteiger partial charge in [0.25, 0.3) is 5.91 Å². The van der Waals surface area contributed by atoms with E-state index in [2.05, 4.69) is 36.4 Å². The van der Waals surface area contributed by atoms with E-state index in [-0.39, 0.29) is 36.2 Å². The molecule has 0 radical (unpaired) electrons. The van der Waals surface area contributed by atoms with Gasteiger partial charge in [-0.15, -0.1) is 12.4 Å². The Morgan fingerprint density at radius 2 is 1.77 bits per heavy atom. The molecule has 2 N–H and O–H groups in total. The second-order valence-electron chi connectivity index (χ2n) is 8.83. The van der Waals surface area contributed by atoms with E-state index in [9.17, 15) is 9.59 Å². The third-order valence-electron chi connectivity index (χ3n) is 6.24. The van der Waals surface area contributed by atoms with Crippen molar-refractivity contribution in [1.82, 2.24) is 15.6 Å². The molecule has 1 saturated carbocycles. The molecule has 0 bridgehead atoms. The Morgan fingerprint density at radius 3 is 2.42 bits per heavy atom. The molecule has 4 atom stereocenters. The van der Waals surface area contributed by atoms with Gasteiger partial charge < -0.3 is 10.6 Å². The van der Waals surface area contributed by atoms with Crippen LogP contribution in [0.4, 0.5) is 0 Å². The normalized spacial score (nSPS) is 21.6. The van der Waals surface area contributed by atoms with Crippen LogP contribution in [0.3, 0.4) is 0 Å². The predicted octanol–water partition coefficient (Wildman–Crippen LogP) is 4.80. The molecule has 168 valence electrons. The summed E-state index contributed by atoms with van der Waals surface area (Å²) in [6.07, 6.45) is 4.84. The minimum atomic E-state index is -0.317. The van der Waals surface area contributed by atoms with Crippen molar-refractivity contribution in [3.63, 3.8) is 0 Å². The van der Waals surface area contributed by atoms with Gasteiger partial charge in [-0.25, -0.2) is 0 Å². The van der Waals surface area contributed by atoms with Crippen molar-refractivity contribution in [2.75, 3.05) is 6.54 Å². The molecule has 6 heteroatoms. The number of nitrogens with one attached hydrogen (secondary N) is 2. The lowest BCUT2D eigenvalue weighted by Crippen LogP contribution is -2.44. The zero-order chi connectivity index (χ0) is 21.5. The third kappa shape index (κ3) is 6.79. The van der Waals surface area contributed by atoms with Crippen LogP contribution in [0.5, 0.6) is 0 Å². The Kier molecular flexibility index (Phi) is 9.50. The van der Waals surface area contributed by atoms with Crippen LogP contribution < -0.4 is 10.6 Å². The second-order valence-corrected chi connectivity index (χ2v) is 8.83. The smallest absolute Gasteiger partial charge is 0.270 e. The van der Waals surface area contributed by atoms with Crippen molar-refractivity contribution in [3.8, 4) is 0 Å². The van der Waals surface area contributed by atoms with Crippen LogP contribution in [0.25, 0.3) is 0 Å². The number of pyridine rings is 1. The molecule has 1 aromatic heterocycles. The van der Waals surface area contributed by atoms with E-state index >= 15 is 0 Å². The first kappa shape index (κ1) is 24.9. The highest BCUT2D eigenvalue weighted by atomic mass is 35.5. The van der Waals surface area contributed by atoms with E-state index in [0.717, 1.165) is 18.4 Å². The molecule has 1 aliphatic rings. The largest absolute Gasteiger partial charge is 0.353 e. The van der Waals surface area contributed by atoms with Crippen molar-refractivity contribution in [2.24, 2.45) is 23.7 Å². The maximum Gasteiger partial charge on any atom is 0.270 e. The minimum absolute atomic E-state index is 0. The summed E-state index contributed by atoms with van der Waals surface area (Å²) in [5, 5.41) is 6.17. The van der Waals surface area contributed by atoms with Gasteiger partial charge in [-0.05, 0) is 48.3 Å². The van der Waals surface area contributed by atoms with Crippen molar-refractivity contribution in [1.29, 1.82) is 0 Å². The molecule has 3 rings (SSSR count). The molecule has 1 aliphatic carbocycles. The molecule has 0 unspecified atom stereocenters. The number of rotatable bonds is 7. The fourth-order valence-electron chi connectivity index (χ4n) is 4.50. The van der Waals surface area contributed by atoms with Gasteiger partial charge in [0, 0.05) is 18.7 Å². The Morgan fingerprint density at radius 1 is 1.06 bits per heavy atom. The topological polar surface area (TPSA) is 71.1 Å². The van der Waals surface area contributed by atoms with E-state index in [0.29, 0.717) is 30.0 Å². The molecular weight excluding hydrogens is 410 g/mol. The number of hydrogen-bond donors (Lipinski definition) is 2. The lowest BCUT2D eigenvalue weighted by Gasteiger charge is -2.36. The second kappa shape index (κ2) is 11.8. The summed E-state index contributed by atoms with van der Waals surface area (Å²) >= 11 is 0. The summed E-state index contributed by atoms with van der Waals surface area (Å²) in [5.41, 5.74) is 1.32. The Hall–Kier alpha value is -2.40. The summed E-state index contributed by atoms with van der Waals surface area (Å²) < 4.78 is 0. The lowest BCUT2D eigenvalue weighted by molar-refractivity contribution is -0.129. The number of nitrogens with zero attached hydrogens (tertiary/aromatic N) is 1. The fourth-order valence-corrected chi connectivity index (χ4v) is 4.50. The monoisotopic (exact) mass is 443 g/mol. The van der Waals surface area contributed by atoms with Crippen LogP contribution in [0.15, 0.2) is 54.7 Å². The molecule has 5 nitrogen and oxygen atoms in total. The number of halogens is 1. The predicted molar refractivity (Wildman–Crippen MR) is 126 cm³/mol. The summed E-state index contributed by atoms with van der Waals surface area (Å²) in [7, 11) is 0. The number of aromatic nitrogens is 1. The molecule has 2 aromatic rings. The van der Waals surface area contributed by atoms with Gasteiger partial charge in [0.05, 0.1) is 6.04 Å². The first-order valence-corrected chi connectivity index (χ1v) is 11.0. The summed E-state index contributed by atoms with van der Waals surface area (Å²) in [6, 6.07) is 14.7. The van der Waals surface area contributed by atoms with Crippen LogP contribution >= 0.6 is 12.4 Å². The Labute approximate surface area is 191 Å². The van der Waals surface area contributed by atoms with Crippen molar-refractivity contribution >= 4 is 24.2 Å². The number of amides is 2. The van der Waals surface area contributed by atoms with Crippen LogP contribution in [-0.4, -0.2) is 23.3 Å². The average Bonchev–Trinajstić information content (AvgIpc) is 2.77. The molecule has 2 amide bonds. The van der Waals surface area contributed by atoms with Crippen molar-refractivity contribution in [2.45, 2.75) is 46.1 Å². The van der Waals surface area contributed by atoms with E-state index in [1.54, 1.807) is 24.4 Å². The molecule has 31 heavy (non-hydrogen) atoms. The molecule has 0 aliphatic heterocycles. The summed E-state index contributed by atoms with van der Waals surface area (Å²) in [6.45, 7) is 7.01. The van der Waals surface area contributed by atoms with Gasteiger partial charge in [-0.3, -0.25) is 14.6 Å². The van der Waals surface area contributed by atoms with E-state index in [1.165, 1.54) is 6.42 Å². The van der Waals surface area contributed by atoms with Crippen LogP contribution in [-0.2, 0) is 4.79 Å². The average molecular weight is 444 g/mol. The third-order valence-corrected chi connectivity index (χ3v) is 6.24. The Bertz CT molecular complexity index is 829. The standard InChI is InChI=1S/C25H33N3O2.ClH/c1-17(2)20-13-12-18(3)15-21(20)24(29)27-16-23(19-9-5-4-6-10-19)28-25(30)22-11-7-8-14-26-22;/h4-11,14,17-18,20-21,23H,12-13,15-16H2,1-3H3,(H,27,29)(H,28,30);1H/t18-,20+,21-,23-;/m1./s1. The van der Waals surface area contributed by atoms with Crippen molar-refractivity contribution in [3.05, 3.63) is 66.0 Å². The van der Waals surface area contributed by atoms with Gasteiger partial charge in [0.15, 0.2) is 0 Å². The number of hydrogen-bond acceptors (Lipinski definition) is 3. The quantitative estimate of drug-likeness (QED) is 0.645. The number of carbonyl (C=O) groups excluding carboxylic acids is 2.